The fourth-order valence-corrected chi connectivity index (χ4v) is 1.18. The summed E-state index contributed by atoms with van der Waals surface area (Å²) in [6.07, 6.45) is -2.54. The molecule has 0 amide bonds. The number of aliphatic hydroxyl groups is 1. The molecule has 0 aromatic heterocycles. The molecule has 0 spiro atoms. The van der Waals surface area contributed by atoms with E-state index in [1.165, 1.54) is 0 Å². The Bertz CT molecular complexity index is 437. The molecule has 1 N–H and O–H groups in total. The van der Waals surface area contributed by atoms with Crippen LogP contribution in [0.25, 0.3) is 5.76 Å². The van der Waals surface area contributed by atoms with Crippen molar-refractivity contribution in [1.29, 1.82) is 0 Å². The first kappa shape index (κ1) is 12.4. The zero-order chi connectivity index (χ0) is 12.3. The Balaban J connectivity index is 3.01. The number of aryl methyl sites for hydroxylation is 2. The van der Waals surface area contributed by atoms with Crippen molar-refractivity contribution in [3.05, 3.63) is 41.0 Å². The lowest BCUT2D eigenvalue weighted by atomic mass is 10.0. The van der Waals surface area contributed by atoms with Crippen LogP contribution in [0.2, 0.25) is 0 Å². The van der Waals surface area contributed by atoms with E-state index in [-0.39, 0.29) is 0 Å². The van der Waals surface area contributed by atoms with Gasteiger partial charge in [0.1, 0.15) is 5.76 Å². The van der Waals surface area contributed by atoms with Crippen molar-refractivity contribution in [3.8, 4) is 0 Å². The molecule has 1 aromatic carbocycles. The first-order chi connectivity index (χ1) is 7.41. The molecule has 1 rings (SSSR count). The predicted octanol–water partition coefficient (Wildman–Crippen LogP) is 3.04. The quantitative estimate of drug-likeness (QED) is 0.635. The summed E-state index contributed by atoms with van der Waals surface area (Å²) >= 11 is 0. The van der Waals surface area contributed by atoms with Gasteiger partial charge >= 0.3 is 0 Å². The van der Waals surface area contributed by atoms with E-state index in [9.17, 15) is 18.7 Å². The zero-order valence-corrected chi connectivity index (χ0v) is 9.00. The summed E-state index contributed by atoms with van der Waals surface area (Å²) in [5.74, 6) is -1.83. The third kappa shape index (κ3) is 2.89. The van der Waals surface area contributed by atoms with E-state index in [0.717, 1.165) is 11.1 Å². The van der Waals surface area contributed by atoms with E-state index < -0.39 is 18.0 Å². The Kier molecular flexibility index (Phi) is 3.77. The maximum atomic E-state index is 11.9. The van der Waals surface area contributed by atoms with Crippen LogP contribution < -0.4 is 0 Å². The summed E-state index contributed by atoms with van der Waals surface area (Å²) in [5, 5.41) is 9.46. The summed E-state index contributed by atoms with van der Waals surface area (Å²) in [4.78, 5) is 10.7. The van der Waals surface area contributed by atoms with Crippen molar-refractivity contribution in [2.75, 3.05) is 0 Å². The second kappa shape index (κ2) is 4.88. The van der Waals surface area contributed by atoms with Gasteiger partial charge in [-0.3, -0.25) is 4.79 Å². The van der Waals surface area contributed by atoms with E-state index in [4.69, 9.17) is 0 Å². The Morgan fingerprint density at radius 1 is 1.31 bits per heavy atom. The van der Waals surface area contributed by atoms with Crippen molar-refractivity contribution in [2.24, 2.45) is 0 Å². The molecule has 0 heterocycles. The minimum absolute atomic E-state index is 0.358. The normalized spacial score (nSPS) is 11.9. The Labute approximate surface area is 92.2 Å². The summed E-state index contributed by atoms with van der Waals surface area (Å²) in [6.45, 7) is 3.73. The number of aliphatic hydroxyl groups excluding tert-OH is 1. The van der Waals surface area contributed by atoms with Gasteiger partial charge in [0.05, 0.1) is 0 Å². The van der Waals surface area contributed by atoms with E-state index >= 15 is 0 Å². The molecule has 4 heteroatoms. The molecule has 0 fully saturated rings. The van der Waals surface area contributed by atoms with Gasteiger partial charge in [-0.15, -0.1) is 0 Å². The molecule has 1 aromatic rings. The van der Waals surface area contributed by atoms with Crippen molar-refractivity contribution in [3.63, 3.8) is 0 Å². The van der Waals surface area contributed by atoms with Gasteiger partial charge in [-0.2, -0.15) is 0 Å². The van der Waals surface area contributed by atoms with Crippen molar-refractivity contribution < 1.29 is 18.7 Å². The fourth-order valence-electron chi connectivity index (χ4n) is 1.18. The van der Waals surface area contributed by atoms with Gasteiger partial charge in [0.2, 0.25) is 5.78 Å². The second-order valence-corrected chi connectivity index (χ2v) is 3.53. The van der Waals surface area contributed by atoms with Crippen LogP contribution in [0.1, 0.15) is 16.7 Å². The lowest BCUT2D eigenvalue weighted by molar-refractivity contribution is -0.124. The van der Waals surface area contributed by atoms with Gasteiger partial charge in [-0.05, 0) is 31.0 Å². The van der Waals surface area contributed by atoms with E-state index in [1.54, 1.807) is 18.2 Å². The third-order valence-electron chi connectivity index (χ3n) is 2.30. The van der Waals surface area contributed by atoms with Crippen LogP contribution >= 0.6 is 0 Å². The molecular weight excluding hydrogens is 214 g/mol. The Morgan fingerprint density at radius 2 is 1.94 bits per heavy atom. The molecule has 0 saturated carbocycles. The number of alkyl halides is 2. The molecule has 0 unspecified atom stereocenters. The van der Waals surface area contributed by atoms with Crippen LogP contribution in [0.3, 0.4) is 0 Å². The lowest BCUT2D eigenvalue weighted by Gasteiger charge is -2.04. The monoisotopic (exact) mass is 226 g/mol. The first-order valence-electron chi connectivity index (χ1n) is 4.72. The smallest absolute Gasteiger partial charge is 0.300 e. The van der Waals surface area contributed by atoms with Gasteiger partial charge in [-0.1, -0.05) is 12.1 Å². The highest BCUT2D eigenvalue weighted by atomic mass is 19.3. The van der Waals surface area contributed by atoms with Gasteiger partial charge in [-0.25, -0.2) is 8.78 Å². The summed E-state index contributed by atoms with van der Waals surface area (Å²) in [5.41, 5.74) is 2.30. The maximum absolute atomic E-state index is 11.9. The summed E-state index contributed by atoms with van der Waals surface area (Å²) < 4.78 is 23.9. The SMILES string of the molecule is Cc1ccc(/C(O)=C/C(=O)C(F)F)cc1C. The summed E-state index contributed by atoms with van der Waals surface area (Å²) in [7, 11) is 0. The average molecular weight is 226 g/mol. The van der Waals surface area contributed by atoms with Gasteiger partial charge in [0, 0.05) is 11.6 Å². The highest BCUT2D eigenvalue weighted by molar-refractivity contribution is 5.97. The molecule has 86 valence electrons. The Morgan fingerprint density at radius 3 is 2.44 bits per heavy atom. The average Bonchev–Trinajstić information content (AvgIpc) is 2.21. The molecule has 0 atom stereocenters. The molecule has 0 aliphatic heterocycles. The Hall–Kier alpha value is -1.71. The molecular formula is C12H12F2O2. The highest BCUT2D eigenvalue weighted by Gasteiger charge is 2.14. The van der Waals surface area contributed by atoms with Crippen LogP contribution in [-0.4, -0.2) is 17.3 Å². The van der Waals surface area contributed by atoms with Gasteiger partial charge < -0.3 is 5.11 Å². The third-order valence-corrected chi connectivity index (χ3v) is 2.30. The highest BCUT2D eigenvalue weighted by Crippen LogP contribution is 2.16. The molecule has 0 aliphatic carbocycles. The van der Waals surface area contributed by atoms with Crippen molar-refractivity contribution >= 4 is 11.5 Å². The van der Waals surface area contributed by atoms with Crippen LogP contribution in [0.5, 0.6) is 0 Å². The number of carbonyl (C=O) groups excluding carboxylic acids is 1. The minimum Gasteiger partial charge on any atom is -0.507 e. The molecule has 0 saturated heterocycles. The fraction of sp³-hybridized carbons (Fsp3) is 0.250. The predicted molar refractivity (Wildman–Crippen MR) is 57.5 cm³/mol. The molecule has 16 heavy (non-hydrogen) atoms. The van der Waals surface area contributed by atoms with E-state index in [1.807, 2.05) is 13.8 Å². The second-order valence-electron chi connectivity index (χ2n) is 3.53. The molecule has 0 bridgehead atoms. The van der Waals surface area contributed by atoms with Gasteiger partial charge in [0.25, 0.3) is 6.43 Å². The number of carbonyl (C=O) groups is 1. The van der Waals surface area contributed by atoms with E-state index in [0.29, 0.717) is 11.6 Å². The zero-order valence-electron chi connectivity index (χ0n) is 9.00. The molecule has 2 nitrogen and oxygen atoms in total. The number of ketones is 1. The number of hydrogen-bond acceptors (Lipinski definition) is 2. The topological polar surface area (TPSA) is 37.3 Å². The lowest BCUT2D eigenvalue weighted by Crippen LogP contribution is -2.06. The number of rotatable bonds is 3. The minimum atomic E-state index is -3.09. The largest absolute Gasteiger partial charge is 0.507 e. The van der Waals surface area contributed by atoms with E-state index in [2.05, 4.69) is 0 Å². The van der Waals surface area contributed by atoms with Crippen molar-refractivity contribution in [2.45, 2.75) is 20.3 Å². The molecule has 0 aliphatic rings. The van der Waals surface area contributed by atoms with Gasteiger partial charge in [0.15, 0.2) is 0 Å². The maximum Gasteiger partial charge on any atom is 0.300 e. The number of allylic oxidation sites excluding steroid dienone is 1. The number of benzene rings is 1. The standard InChI is InChI=1S/C12H12F2O2/c1-7-3-4-9(5-8(7)2)10(15)6-11(16)12(13)14/h3-6,12,15H,1-2H3/b10-6-. The first-order valence-corrected chi connectivity index (χ1v) is 4.72. The number of hydrogen-bond donors (Lipinski definition) is 1. The summed E-state index contributed by atoms with van der Waals surface area (Å²) in [6, 6.07) is 4.97. The van der Waals surface area contributed by atoms with Crippen LogP contribution in [0.15, 0.2) is 24.3 Å². The van der Waals surface area contributed by atoms with Crippen LogP contribution in [0, 0.1) is 13.8 Å². The van der Waals surface area contributed by atoms with Crippen LogP contribution in [0.4, 0.5) is 8.78 Å². The van der Waals surface area contributed by atoms with Crippen LogP contribution in [-0.2, 0) is 4.79 Å². The number of halogens is 2. The molecule has 0 radical (unpaired) electrons. The van der Waals surface area contributed by atoms with Crippen molar-refractivity contribution in [1.82, 2.24) is 0 Å².